The highest BCUT2D eigenvalue weighted by Gasteiger charge is 2.27. The Hall–Kier alpha value is -0.910. The molecule has 0 aliphatic carbocycles. The van der Waals surface area contributed by atoms with Crippen LogP contribution in [0.1, 0.15) is 6.42 Å². The van der Waals surface area contributed by atoms with Crippen molar-refractivity contribution in [3.8, 4) is 0 Å². The van der Waals surface area contributed by atoms with E-state index in [1.807, 2.05) is 16.8 Å². The van der Waals surface area contributed by atoms with Gasteiger partial charge >= 0.3 is 0 Å². The molecule has 0 bridgehead atoms. The predicted molar refractivity (Wildman–Crippen MR) is 55.4 cm³/mol. The van der Waals surface area contributed by atoms with Gasteiger partial charge in [0.05, 0.1) is 17.8 Å². The first-order valence-electron chi connectivity index (χ1n) is 4.50. The van der Waals surface area contributed by atoms with Gasteiger partial charge in [0.1, 0.15) is 0 Å². The summed E-state index contributed by atoms with van der Waals surface area (Å²) < 4.78 is 0. The molecule has 2 atom stereocenters. The monoisotopic (exact) mass is 212 g/mol. The van der Waals surface area contributed by atoms with Crippen LogP contribution in [0.4, 0.5) is 5.69 Å². The molecule has 0 aromatic carbocycles. The third-order valence-electron chi connectivity index (χ3n) is 2.21. The lowest BCUT2D eigenvalue weighted by atomic mass is 10.2. The summed E-state index contributed by atoms with van der Waals surface area (Å²) in [7, 11) is 0. The van der Waals surface area contributed by atoms with Gasteiger partial charge in [0.25, 0.3) is 0 Å². The van der Waals surface area contributed by atoms with Crippen molar-refractivity contribution in [2.75, 3.05) is 11.9 Å². The van der Waals surface area contributed by atoms with Gasteiger partial charge in [0.2, 0.25) is 5.91 Å². The summed E-state index contributed by atoms with van der Waals surface area (Å²) in [5.41, 5.74) is 0.822. The Bertz CT molecular complexity index is 313. The van der Waals surface area contributed by atoms with Crippen molar-refractivity contribution in [3.63, 3.8) is 0 Å². The van der Waals surface area contributed by atoms with Gasteiger partial charge in [0.15, 0.2) is 0 Å². The summed E-state index contributed by atoms with van der Waals surface area (Å²) in [5, 5.41) is 18.8. The largest absolute Gasteiger partial charge is 0.392 e. The maximum absolute atomic E-state index is 11.6. The standard InChI is InChI=1S/C9H12N2O2S/c12-7-3-8(10-4-7)9(13)11-6-1-2-14-5-6/h1-2,5,7-8,10,12H,3-4H2,(H,11,13)/t7-,8+/m0/s1. The number of hydrogen-bond acceptors (Lipinski definition) is 4. The summed E-state index contributed by atoms with van der Waals surface area (Å²) in [6.07, 6.45) is 0.101. The molecule has 1 fully saturated rings. The summed E-state index contributed by atoms with van der Waals surface area (Å²) in [5.74, 6) is -0.0695. The number of carbonyl (C=O) groups excluding carboxylic acids is 1. The normalized spacial score (nSPS) is 26.4. The minimum atomic E-state index is -0.395. The van der Waals surface area contributed by atoms with E-state index in [-0.39, 0.29) is 11.9 Å². The van der Waals surface area contributed by atoms with E-state index in [1.165, 1.54) is 0 Å². The molecule has 1 aliphatic rings. The van der Waals surface area contributed by atoms with E-state index < -0.39 is 6.10 Å². The third kappa shape index (κ3) is 2.12. The number of β-amino-alcohol motifs (C(OH)–C–C–N with tert-alkyl or cyclic N) is 1. The minimum absolute atomic E-state index is 0.0695. The molecule has 76 valence electrons. The van der Waals surface area contributed by atoms with Gasteiger partial charge in [-0.1, -0.05) is 0 Å². The van der Waals surface area contributed by atoms with Crippen LogP contribution in [-0.4, -0.2) is 29.7 Å². The molecule has 5 heteroatoms. The van der Waals surface area contributed by atoms with Crippen LogP contribution < -0.4 is 10.6 Å². The Kier molecular flexibility index (Phi) is 2.81. The lowest BCUT2D eigenvalue weighted by Crippen LogP contribution is -2.35. The first kappa shape index (κ1) is 9.64. The first-order valence-corrected chi connectivity index (χ1v) is 5.44. The number of amides is 1. The first-order chi connectivity index (χ1) is 6.75. The maximum atomic E-state index is 11.6. The van der Waals surface area contributed by atoms with Crippen molar-refractivity contribution < 1.29 is 9.90 Å². The van der Waals surface area contributed by atoms with Crippen molar-refractivity contribution >= 4 is 22.9 Å². The van der Waals surface area contributed by atoms with Crippen LogP contribution in [0.2, 0.25) is 0 Å². The van der Waals surface area contributed by atoms with Crippen LogP contribution in [0.15, 0.2) is 16.8 Å². The average molecular weight is 212 g/mol. The van der Waals surface area contributed by atoms with E-state index in [2.05, 4.69) is 10.6 Å². The zero-order valence-corrected chi connectivity index (χ0v) is 8.38. The van der Waals surface area contributed by atoms with Crippen LogP contribution in [0.25, 0.3) is 0 Å². The molecule has 1 saturated heterocycles. The number of anilines is 1. The molecule has 0 radical (unpaired) electrons. The maximum Gasteiger partial charge on any atom is 0.241 e. The summed E-state index contributed by atoms with van der Waals surface area (Å²) in [6.45, 7) is 0.502. The number of carbonyl (C=O) groups is 1. The molecule has 4 nitrogen and oxygen atoms in total. The van der Waals surface area contributed by atoms with Gasteiger partial charge in [-0.3, -0.25) is 4.79 Å². The van der Waals surface area contributed by atoms with E-state index in [1.54, 1.807) is 11.3 Å². The molecule has 3 N–H and O–H groups in total. The molecule has 1 aliphatic heterocycles. The second-order valence-electron chi connectivity index (χ2n) is 3.35. The summed E-state index contributed by atoms with van der Waals surface area (Å²) in [4.78, 5) is 11.6. The minimum Gasteiger partial charge on any atom is -0.392 e. The van der Waals surface area contributed by atoms with Gasteiger partial charge in [-0.25, -0.2) is 0 Å². The fraction of sp³-hybridized carbons (Fsp3) is 0.444. The Balaban J connectivity index is 1.90. The highest BCUT2D eigenvalue weighted by molar-refractivity contribution is 7.08. The average Bonchev–Trinajstić information content (AvgIpc) is 2.75. The number of thiophene rings is 1. The Morgan fingerprint density at radius 2 is 2.57 bits per heavy atom. The lowest BCUT2D eigenvalue weighted by Gasteiger charge is -2.09. The second-order valence-corrected chi connectivity index (χ2v) is 4.13. The summed E-state index contributed by atoms with van der Waals surface area (Å²) in [6, 6.07) is 1.60. The topological polar surface area (TPSA) is 61.4 Å². The Morgan fingerprint density at radius 1 is 1.71 bits per heavy atom. The predicted octanol–water partition coefficient (Wildman–Crippen LogP) is 0.409. The third-order valence-corrected chi connectivity index (χ3v) is 2.90. The van der Waals surface area contributed by atoms with Crippen molar-refractivity contribution in [1.82, 2.24) is 5.32 Å². The van der Waals surface area contributed by atoms with E-state index in [0.29, 0.717) is 13.0 Å². The van der Waals surface area contributed by atoms with Gasteiger partial charge in [-0.05, 0) is 17.9 Å². The number of nitrogens with one attached hydrogen (secondary N) is 2. The SMILES string of the molecule is O=C(Nc1ccsc1)[C@H]1C[C@H](O)CN1. The highest BCUT2D eigenvalue weighted by atomic mass is 32.1. The van der Waals surface area contributed by atoms with Gasteiger partial charge in [0, 0.05) is 11.9 Å². The number of hydrogen-bond donors (Lipinski definition) is 3. The molecular weight excluding hydrogens is 200 g/mol. The van der Waals surface area contributed by atoms with Gasteiger partial charge < -0.3 is 15.7 Å². The lowest BCUT2D eigenvalue weighted by molar-refractivity contribution is -0.117. The van der Waals surface area contributed by atoms with Crippen LogP contribution in [0, 0.1) is 0 Å². The molecule has 0 unspecified atom stereocenters. The van der Waals surface area contributed by atoms with Crippen molar-refractivity contribution in [3.05, 3.63) is 16.8 Å². The second kappa shape index (κ2) is 4.08. The number of aliphatic hydroxyl groups excluding tert-OH is 1. The molecule has 1 aromatic heterocycles. The summed E-state index contributed by atoms with van der Waals surface area (Å²) >= 11 is 1.54. The van der Waals surface area contributed by atoms with E-state index >= 15 is 0 Å². The van der Waals surface area contributed by atoms with E-state index in [0.717, 1.165) is 5.69 Å². The quantitative estimate of drug-likeness (QED) is 0.665. The smallest absolute Gasteiger partial charge is 0.241 e. The highest BCUT2D eigenvalue weighted by Crippen LogP contribution is 2.14. The van der Waals surface area contributed by atoms with E-state index in [9.17, 15) is 9.90 Å². The molecule has 2 heterocycles. The molecule has 2 rings (SSSR count). The number of aliphatic hydroxyl groups is 1. The fourth-order valence-electron chi connectivity index (χ4n) is 1.48. The molecule has 14 heavy (non-hydrogen) atoms. The Labute approximate surface area is 85.9 Å². The van der Waals surface area contributed by atoms with Crippen molar-refractivity contribution in [1.29, 1.82) is 0 Å². The molecular formula is C9H12N2O2S. The van der Waals surface area contributed by atoms with Crippen LogP contribution in [0.3, 0.4) is 0 Å². The van der Waals surface area contributed by atoms with Crippen molar-refractivity contribution in [2.24, 2.45) is 0 Å². The molecule has 1 amide bonds. The zero-order chi connectivity index (χ0) is 9.97. The fourth-order valence-corrected chi connectivity index (χ4v) is 2.07. The molecule has 0 saturated carbocycles. The molecule has 0 spiro atoms. The van der Waals surface area contributed by atoms with Crippen LogP contribution >= 0.6 is 11.3 Å². The zero-order valence-electron chi connectivity index (χ0n) is 7.56. The van der Waals surface area contributed by atoms with E-state index in [4.69, 9.17) is 0 Å². The van der Waals surface area contributed by atoms with Crippen LogP contribution in [-0.2, 0) is 4.79 Å². The van der Waals surface area contributed by atoms with Crippen LogP contribution in [0.5, 0.6) is 0 Å². The van der Waals surface area contributed by atoms with Crippen molar-refractivity contribution in [2.45, 2.75) is 18.6 Å². The Morgan fingerprint density at radius 3 is 3.14 bits per heavy atom. The molecule has 1 aromatic rings. The number of rotatable bonds is 2. The van der Waals surface area contributed by atoms with Gasteiger partial charge in [-0.15, -0.1) is 0 Å². The van der Waals surface area contributed by atoms with Gasteiger partial charge in [-0.2, -0.15) is 11.3 Å².